The van der Waals surface area contributed by atoms with Crippen molar-refractivity contribution in [3.05, 3.63) is 102 Å². The number of nitrogens with one attached hydrogen (secondary N) is 2. The van der Waals surface area contributed by atoms with Crippen molar-refractivity contribution in [1.29, 1.82) is 0 Å². The van der Waals surface area contributed by atoms with E-state index in [2.05, 4.69) is 20.2 Å². The van der Waals surface area contributed by atoms with Gasteiger partial charge in [0, 0.05) is 18.8 Å². The maximum Gasteiger partial charge on any atom is 0.418 e. The number of aromatic amines is 1. The molecule has 2 aromatic carbocycles. The normalized spacial score (nSPS) is 14.4. The molecule has 0 atom stereocenters. The molecule has 0 saturated carbocycles. The summed E-state index contributed by atoms with van der Waals surface area (Å²) in [6, 6.07) is 23.0. The number of rotatable bonds is 7. The molecule has 0 spiro atoms. The number of alkyl halides is 3. The first-order valence-electron chi connectivity index (χ1n) is 12.4. The number of anilines is 2. The van der Waals surface area contributed by atoms with Gasteiger partial charge in [0.1, 0.15) is 11.5 Å². The van der Waals surface area contributed by atoms with Gasteiger partial charge in [0.05, 0.1) is 30.2 Å². The molecular weight excluding hydrogens is 493 g/mol. The number of ether oxygens (including phenoxy) is 1. The Hall–Kier alpha value is -4.11. The number of H-pyrrole nitrogens is 1. The first-order valence-corrected chi connectivity index (χ1v) is 12.4. The molecule has 0 radical (unpaired) electrons. The number of benzene rings is 2. The quantitative estimate of drug-likeness (QED) is 0.291. The van der Waals surface area contributed by atoms with Crippen LogP contribution in [0.1, 0.15) is 34.5 Å². The van der Waals surface area contributed by atoms with E-state index in [-0.39, 0.29) is 11.8 Å². The number of halogens is 3. The molecule has 6 nitrogen and oxygen atoms in total. The van der Waals surface area contributed by atoms with Gasteiger partial charge in [-0.25, -0.2) is 4.98 Å². The fraction of sp³-hybridized carbons (Fsp3) is 0.241. The highest BCUT2D eigenvalue weighted by atomic mass is 19.4. The molecular formula is C29H27F3N4O2. The predicted octanol–water partition coefficient (Wildman–Crippen LogP) is 6.53. The Morgan fingerprint density at radius 3 is 2.32 bits per heavy atom. The van der Waals surface area contributed by atoms with Crippen molar-refractivity contribution in [1.82, 2.24) is 9.97 Å². The summed E-state index contributed by atoms with van der Waals surface area (Å²) >= 11 is 0. The lowest BCUT2D eigenvalue weighted by atomic mass is 10.1. The highest BCUT2D eigenvalue weighted by Crippen LogP contribution is 2.35. The van der Waals surface area contributed by atoms with Crippen molar-refractivity contribution >= 4 is 17.4 Å². The van der Waals surface area contributed by atoms with Crippen molar-refractivity contribution in [2.45, 2.75) is 31.7 Å². The summed E-state index contributed by atoms with van der Waals surface area (Å²) in [6.45, 7) is 2.14. The molecule has 1 fully saturated rings. The number of hydrogen-bond donors (Lipinski definition) is 2. The molecule has 2 N–H and O–H groups in total. The Balaban J connectivity index is 1.20. The first-order chi connectivity index (χ1) is 18.4. The number of hydrogen-bond acceptors (Lipinski definition) is 4. The molecule has 3 heterocycles. The van der Waals surface area contributed by atoms with E-state index in [0.717, 1.165) is 43.4 Å². The summed E-state index contributed by atoms with van der Waals surface area (Å²) in [5.74, 6) is -0.142. The number of amides is 1. The average molecular weight is 521 g/mol. The number of carbonyl (C=O) groups excluding carboxylic acids is 1. The zero-order valence-corrected chi connectivity index (χ0v) is 20.5. The molecule has 1 aliphatic heterocycles. The largest absolute Gasteiger partial charge is 0.418 e. The van der Waals surface area contributed by atoms with Crippen LogP contribution in [0, 0.1) is 0 Å². The topological polar surface area (TPSA) is 70.2 Å². The maximum absolute atomic E-state index is 13.7. The molecule has 196 valence electrons. The van der Waals surface area contributed by atoms with Gasteiger partial charge in [-0.05, 0) is 42.2 Å². The average Bonchev–Trinajstić information content (AvgIpc) is 3.41. The molecule has 9 heteroatoms. The summed E-state index contributed by atoms with van der Waals surface area (Å²) in [6.07, 6.45) is -1.32. The van der Waals surface area contributed by atoms with Crippen molar-refractivity contribution in [2.75, 3.05) is 23.3 Å². The van der Waals surface area contributed by atoms with E-state index in [1.54, 1.807) is 42.5 Å². The van der Waals surface area contributed by atoms with E-state index in [9.17, 15) is 18.0 Å². The number of pyridine rings is 1. The molecule has 0 bridgehead atoms. The van der Waals surface area contributed by atoms with Gasteiger partial charge < -0.3 is 19.9 Å². The lowest BCUT2D eigenvalue weighted by Crippen LogP contribution is -2.37. The third-order valence-corrected chi connectivity index (χ3v) is 6.54. The van der Waals surface area contributed by atoms with E-state index < -0.39 is 23.3 Å². The fourth-order valence-corrected chi connectivity index (χ4v) is 4.51. The number of piperidine rings is 1. The van der Waals surface area contributed by atoms with Crippen LogP contribution >= 0.6 is 0 Å². The molecule has 5 rings (SSSR count). The number of aromatic nitrogens is 2. The van der Waals surface area contributed by atoms with E-state index in [1.807, 2.05) is 30.3 Å². The first kappa shape index (κ1) is 25.5. The molecule has 0 unspecified atom stereocenters. The van der Waals surface area contributed by atoms with Crippen LogP contribution in [-0.2, 0) is 17.5 Å². The Kier molecular flexibility index (Phi) is 7.46. The van der Waals surface area contributed by atoms with E-state index in [1.165, 1.54) is 6.20 Å². The van der Waals surface area contributed by atoms with Crippen LogP contribution in [0.15, 0.2) is 85.1 Å². The summed E-state index contributed by atoms with van der Waals surface area (Å²) in [5.41, 5.74) is 0.662. The van der Waals surface area contributed by atoms with Crippen LogP contribution < -0.4 is 10.2 Å². The molecule has 1 saturated heterocycles. The predicted molar refractivity (Wildman–Crippen MR) is 140 cm³/mol. The van der Waals surface area contributed by atoms with Crippen molar-refractivity contribution in [3.8, 4) is 11.3 Å². The molecule has 0 aliphatic carbocycles. The highest BCUT2D eigenvalue weighted by Gasteiger charge is 2.37. The van der Waals surface area contributed by atoms with Crippen LogP contribution in [0.25, 0.3) is 11.3 Å². The van der Waals surface area contributed by atoms with Gasteiger partial charge in [-0.2, -0.15) is 13.2 Å². The van der Waals surface area contributed by atoms with Crippen LogP contribution in [0.3, 0.4) is 0 Å². The van der Waals surface area contributed by atoms with Gasteiger partial charge in [0.25, 0.3) is 5.91 Å². The smallest absolute Gasteiger partial charge is 0.373 e. The van der Waals surface area contributed by atoms with E-state index >= 15 is 0 Å². The summed E-state index contributed by atoms with van der Waals surface area (Å²) in [4.78, 5) is 22.0. The van der Waals surface area contributed by atoms with Crippen LogP contribution in [0.5, 0.6) is 0 Å². The van der Waals surface area contributed by atoms with Gasteiger partial charge >= 0.3 is 6.18 Å². The van der Waals surface area contributed by atoms with Gasteiger partial charge in [-0.1, -0.05) is 60.7 Å². The zero-order chi connectivity index (χ0) is 26.5. The lowest BCUT2D eigenvalue weighted by Gasteiger charge is -2.32. The van der Waals surface area contributed by atoms with Crippen LogP contribution in [-0.4, -0.2) is 35.1 Å². The second-order valence-corrected chi connectivity index (χ2v) is 9.18. The fourth-order valence-electron chi connectivity index (χ4n) is 4.51. The van der Waals surface area contributed by atoms with Gasteiger partial charge in [0.2, 0.25) is 0 Å². The SMILES string of the molecule is O=C(Nc1ccc(N2CCC(OCc3ccccc3)CC2)nc1)c1[nH]c(-c2ccccc2)cc1C(F)(F)F. The standard InChI is InChI=1S/C29H27F3N4O2/c30-29(31,32)24-17-25(21-9-5-2-6-10-21)35-27(24)28(37)34-22-11-12-26(33-18-22)36-15-13-23(14-16-36)38-19-20-7-3-1-4-8-20/h1-12,17-18,23,35H,13-16,19H2,(H,34,37). The third kappa shape index (κ3) is 6.06. The van der Waals surface area contributed by atoms with Gasteiger partial charge in [0.15, 0.2) is 0 Å². The minimum atomic E-state index is -4.69. The highest BCUT2D eigenvalue weighted by molar-refractivity contribution is 6.04. The van der Waals surface area contributed by atoms with Gasteiger partial charge in [-0.3, -0.25) is 4.79 Å². The Morgan fingerprint density at radius 1 is 1.00 bits per heavy atom. The van der Waals surface area contributed by atoms with E-state index in [0.29, 0.717) is 17.9 Å². The Morgan fingerprint density at radius 2 is 1.68 bits per heavy atom. The Bertz CT molecular complexity index is 1350. The molecule has 2 aromatic heterocycles. The lowest BCUT2D eigenvalue weighted by molar-refractivity contribution is -0.137. The van der Waals surface area contributed by atoms with Crippen LogP contribution in [0.2, 0.25) is 0 Å². The molecule has 1 amide bonds. The van der Waals surface area contributed by atoms with E-state index in [4.69, 9.17) is 4.74 Å². The summed E-state index contributed by atoms with van der Waals surface area (Å²) in [7, 11) is 0. The summed E-state index contributed by atoms with van der Waals surface area (Å²) in [5, 5.41) is 2.53. The monoisotopic (exact) mass is 520 g/mol. The minimum Gasteiger partial charge on any atom is -0.373 e. The second-order valence-electron chi connectivity index (χ2n) is 9.18. The second kappa shape index (κ2) is 11.1. The molecule has 1 aliphatic rings. The third-order valence-electron chi connectivity index (χ3n) is 6.54. The number of nitrogens with zero attached hydrogens (tertiary/aromatic N) is 2. The number of carbonyl (C=O) groups is 1. The minimum absolute atomic E-state index is 0.175. The molecule has 38 heavy (non-hydrogen) atoms. The van der Waals surface area contributed by atoms with Crippen LogP contribution in [0.4, 0.5) is 24.7 Å². The van der Waals surface area contributed by atoms with Crippen molar-refractivity contribution in [3.63, 3.8) is 0 Å². The van der Waals surface area contributed by atoms with Gasteiger partial charge in [-0.15, -0.1) is 0 Å². The molecule has 4 aromatic rings. The zero-order valence-electron chi connectivity index (χ0n) is 20.5. The summed E-state index contributed by atoms with van der Waals surface area (Å²) < 4.78 is 47.1. The Labute approximate surface area is 218 Å². The van der Waals surface area contributed by atoms with Crippen molar-refractivity contribution in [2.24, 2.45) is 0 Å². The maximum atomic E-state index is 13.7. The van der Waals surface area contributed by atoms with Crippen molar-refractivity contribution < 1.29 is 22.7 Å².